The molecular formula is C14H17N3. The number of aromatic nitrogens is 2. The van der Waals surface area contributed by atoms with Gasteiger partial charge in [-0.25, -0.2) is 4.98 Å². The van der Waals surface area contributed by atoms with E-state index in [9.17, 15) is 0 Å². The van der Waals surface area contributed by atoms with Crippen molar-refractivity contribution >= 4 is 11.0 Å². The molecule has 2 aliphatic rings. The molecule has 0 aliphatic heterocycles. The molecule has 0 spiro atoms. The number of benzene rings is 1. The Morgan fingerprint density at radius 1 is 1.18 bits per heavy atom. The number of fused-ring (bicyclic) bond motifs is 3. The van der Waals surface area contributed by atoms with E-state index in [4.69, 9.17) is 10.7 Å². The Labute approximate surface area is 100 Å². The van der Waals surface area contributed by atoms with Gasteiger partial charge in [0.2, 0.25) is 0 Å². The summed E-state index contributed by atoms with van der Waals surface area (Å²) in [4.78, 5) is 8.19. The molecule has 17 heavy (non-hydrogen) atoms. The first-order chi connectivity index (χ1) is 8.33. The molecule has 3 heteroatoms. The molecule has 1 heterocycles. The van der Waals surface area contributed by atoms with Gasteiger partial charge in [0.05, 0.1) is 11.0 Å². The fourth-order valence-corrected chi connectivity index (χ4v) is 3.87. The molecule has 4 atom stereocenters. The first-order valence-electron chi connectivity index (χ1n) is 6.53. The van der Waals surface area contributed by atoms with Gasteiger partial charge in [-0.15, -0.1) is 0 Å². The van der Waals surface area contributed by atoms with E-state index < -0.39 is 0 Å². The van der Waals surface area contributed by atoms with Gasteiger partial charge in [-0.2, -0.15) is 0 Å². The summed E-state index contributed by atoms with van der Waals surface area (Å²) in [6.45, 7) is 0. The number of H-pyrrole nitrogens is 1. The number of rotatable bonds is 1. The zero-order valence-corrected chi connectivity index (χ0v) is 9.76. The second-order valence-electron chi connectivity index (χ2n) is 5.58. The highest BCUT2D eigenvalue weighted by Crippen LogP contribution is 2.51. The normalized spacial score (nSPS) is 35.8. The minimum Gasteiger partial charge on any atom is -0.342 e. The summed E-state index contributed by atoms with van der Waals surface area (Å²) in [5.74, 6) is 3.07. The largest absolute Gasteiger partial charge is 0.342 e. The van der Waals surface area contributed by atoms with Crippen molar-refractivity contribution in [3.63, 3.8) is 0 Å². The number of nitrogens with one attached hydrogen (secondary N) is 1. The summed E-state index contributed by atoms with van der Waals surface area (Å²) in [6, 6.07) is 8.55. The van der Waals surface area contributed by atoms with Crippen molar-refractivity contribution < 1.29 is 0 Å². The van der Waals surface area contributed by atoms with E-state index in [1.165, 1.54) is 19.3 Å². The minimum absolute atomic E-state index is 0.314. The summed E-state index contributed by atoms with van der Waals surface area (Å²) < 4.78 is 0. The Hall–Kier alpha value is -1.35. The zero-order valence-electron chi connectivity index (χ0n) is 9.76. The highest BCUT2D eigenvalue weighted by Gasteiger charge is 2.47. The lowest BCUT2D eigenvalue weighted by atomic mass is 9.84. The molecule has 2 fully saturated rings. The van der Waals surface area contributed by atoms with Gasteiger partial charge in [-0.3, -0.25) is 0 Å². The van der Waals surface area contributed by atoms with Crippen LogP contribution >= 0.6 is 0 Å². The van der Waals surface area contributed by atoms with Gasteiger partial charge in [0, 0.05) is 12.0 Å². The third kappa shape index (κ3) is 1.29. The Morgan fingerprint density at radius 2 is 2.00 bits per heavy atom. The second kappa shape index (κ2) is 3.33. The number of hydrogen-bond acceptors (Lipinski definition) is 2. The van der Waals surface area contributed by atoms with Crippen LogP contribution in [-0.2, 0) is 0 Å². The molecule has 2 aliphatic carbocycles. The van der Waals surface area contributed by atoms with Crippen molar-refractivity contribution in [3.05, 3.63) is 30.1 Å². The third-order valence-corrected chi connectivity index (χ3v) is 4.70. The van der Waals surface area contributed by atoms with Crippen LogP contribution < -0.4 is 5.73 Å². The fraction of sp³-hybridized carbons (Fsp3) is 0.500. The molecule has 2 saturated carbocycles. The molecule has 1 aromatic heterocycles. The van der Waals surface area contributed by atoms with Crippen LogP contribution in [0.25, 0.3) is 11.0 Å². The Kier molecular flexibility index (Phi) is 1.89. The molecular weight excluding hydrogens is 210 g/mol. The number of nitrogens with zero attached hydrogens (tertiary/aromatic N) is 1. The molecule has 1 aromatic carbocycles. The molecule has 0 amide bonds. The maximum atomic E-state index is 6.36. The Balaban J connectivity index is 1.79. The van der Waals surface area contributed by atoms with Crippen LogP contribution in [0, 0.1) is 11.8 Å². The van der Waals surface area contributed by atoms with Crippen LogP contribution in [0.3, 0.4) is 0 Å². The lowest BCUT2D eigenvalue weighted by Crippen LogP contribution is -2.34. The van der Waals surface area contributed by atoms with Crippen LogP contribution in [0.4, 0.5) is 0 Å². The van der Waals surface area contributed by atoms with E-state index in [0.29, 0.717) is 12.0 Å². The third-order valence-electron chi connectivity index (χ3n) is 4.70. The topological polar surface area (TPSA) is 54.7 Å². The van der Waals surface area contributed by atoms with E-state index in [2.05, 4.69) is 17.1 Å². The lowest BCUT2D eigenvalue weighted by molar-refractivity contribution is 0.356. The van der Waals surface area contributed by atoms with Crippen molar-refractivity contribution in [1.29, 1.82) is 0 Å². The number of aromatic amines is 1. The number of nitrogens with two attached hydrogens (primary N) is 1. The second-order valence-corrected chi connectivity index (χ2v) is 5.58. The van der Waals surface area contributed by atoms with Crippen molar-refractivity contribution in [3.8, 4) is 0 Å². The zero-order chi connectivity index (χ0) is 11.4. The highest BCUT2D eigenvalue weighted by atomic mass is 15.0. The van der Waals surface area contributed by atoms with E-state index >= 15 is 0 Å². The molecule has 4 unspecified atom stereocenters. The van der Waals surface area contributed by atoms with Crippen molar-refractivity contribution in [2.24, 2.45) is 17.6 Å². The lowest BCUT2D eigenvalue weighted by Gasteiger charge is -2.26. The molecule has 2 aromatic rings. The average Bonchev–Trinajstić information content (AvgIpc) is 3.00. The summed E-state index contributed by atoms with van der Waals surface area (Å²) in [5.41, 5.74) is 8.56. The van der Waals surface area contributed by atoms with Crippen LogP contribution in [-0.4, -0.2) is 16.0 Å². The molecule has 0 radical (unpaired) electrons. The molecule has 4 rings (SSSR count). The van der Waals surface area contributed by atoms with Crippen LogP contribution in [0.1, 0.15) is 31.0 Å². The highest BCUT2D eigenvalue weighted by molar-refractivity contribution is 5.74. The van der Waals surface area contributed by atoms with E-state index in [0.717, 1.165) is 28.7 Å². The molecule has 2 bridgehead atoms. The van der Waals surface area contributed by atoms with E-state index in [1.54, 1.807) is 0 Å². The maximum absolute atomic E-state index is 6.36. The summed E-state index contributed by atoms with van der Waals surface area (Å²) >= 11 is 0. The summed E-state index contributed by atoms with van der Waals surface area (Å²) in [7, 11) is 0. The molecule has 3 nitrogen and oxygen atoms in total. The molecule has 88 valence electrons. The number of para-hydroxylation sites is 2. The first-order valence-corrected chi connectivity index (χ1v) is 6.53. The van der Waals surface area contributed by atoms with Gasteiger partial charge >= 0.3 is 0 Å². The van der Waals surface area contributed by atoms with Gasteiger partial charge in [-0.1, -0.05) is 12.1 Å². The van der Waals surface area contributed by atoms with Crippen LogP contribution in [0.15, 0.2) is 24.3 Å². The van der Waals surface area contributed by atoms with E-state index in [-0.39, 0.29) is 0 Å². The van der Waals surface area contributed by atoms with E-state index in [1.807, 2.05) is 12.1 Å². The minimum atomic E-state index is 0.314. The van der Waals surface area contributed by atoms with Gasteiger partial charge in [-0.05, 0) is 43.2 Å². The van der Waals surface area contributed by atoms with Crippen molar-refractivity contribution in [2.75, 3.05) is 0 Å². The van der Waals surface area contributed by atoms with Crippen LogP contribution in [0.2, 0.25) is 0 Å². The monoisotopic (exact) mass is 227 g/mol. The number of hydrogen-bond donors (Lipinski definition) is 2. The van der Waals surface area contributed by atoms with Gasteiger partial charge in [0.1, 0.15) is 5.82 Å². The van der Waals surface area contributed by atoms with Crippen molar-refractivity contribution in [1.82, 2.24) is 9.97 Å². The van der Waals surface area contributed by atoms with Gasteiger partial charge < -0.3 is 10.7 Å². The SMILES string of the molecule is NC1C2CCC(C2)C1c1nc2ccccc2[nH]1. The molecule has 3 N–H and O–H groups in total. The predicted molar refractivity (Wildman–Crippen MR) is 67.6 cm³/mol. The fourth-order valence-electron chi connectivity index (χ4n) is 3.87. The molecule has 0 saturated heterocycles. The number of imidazole rings is 1. The Morgan fingerprint density at radius 3 is 2.76 bits per heavy atom. The quantitative estimate of drug-likeness (QED) is 0.786. The average molecular weight is 227 g/mol. The van der Waals surface area contributed by atoms with Gasteiger partial charge in [0.15, 0.2) is 0 Å². The van der Waals surface area contributed by atoms with Crippen molar-refractivity contribution in [2.45, 2.75) is 31.2 Å². The van der Waals surface area contributed by atoms with Gasteiger partial charge in [0.25, 0.3) is 0 Å². The standard InChI is InChI=1S/C14H17N3/c15-13-9-6-5-8(7-9)12(13)14-16-10-3-1-2-4-11(10)17-14/h1-4,8-9,12-13H,5-7,15H2,(H,16,17). The van der Waals surface area contributed by atoms with Crippen LogP contribution in [0.5, 0.6) is 0 Å². The summed E-state index contributed by atoms with van der Waals surface area (Å²) in [5, 5.41) is 0. The first kappa shape index (κ1) is 9.66. The maximum Gasteiger partial charge on any atom is 0.112 e. The Bertz CT molecular complexity index is 524. The smallest absolute Gasteiger partial charge is 0.112 e. The summed E-state index contributed by atoms with van der Waals surface area (Å²) in [6.07, 6.45) is 3.96. The predicted octanol–water partition coefficient (Wildman–Crippen LogP) is 2.40.